The number of carbonyl (C=O) groups is 1. The molecule has 0 fully saturated rings. The van der Waals surface area contributed by atoms with Crippen molar-refractivity contribution >= 4 is 34.1 Å². The van der Waals surface area contributed by atoms with E-state index >= 15 is 0 Å². The lowest BCUT2D eigenvalue weighted by atomic mass is 9.68. The zero-order valence-corrected chi connectivity index (χ0v) is 20.4. The van der Waals surface area contributed by atoms with E-state index in [2.05, 4.69) is 48.2 Å². The summed E-state index contributed by atoms with van der Waals surface area (Å²) < 4.78 is 0. The molecule has 6 nitrogen and oxygen atoms in total. The highest BCUT2D eigenvalue weighted by atomic mass is 35.5. The van der Waals surface area contributed by atoms with Crippen molar-refractivity contribution in [2.24, 2.45) is 11.3 Å². The summed E-state index contributed by atoms with van der Waals surface area (Å²) in [6.07, 6.45) is 8.96. The van der Waals surface area contributed by atoms with Gasteiger partial charge >= 0.3 is 0 Å². The highest BCUT2D eigenvalue weighted by molar-refractivity contribution is 6.31. The van der Waals surface area contributed by atoms with Gasteiger partial charge in [0.15, 0.2) is 0 Å². The molecule has 1 unspecified atom stereocenters. The van der Waals surface area contributed by atoms with Crippen LogP contribution in [-0.2, 0) is 4.79 Å². The largest absolute Gasteiger partial charge is 0.388 e. The Morgan fingerprint density at radius 1 is 1.22 bits per heavy atom. The minimum atomic E-state index is -0.572. The van der Waals surface area contributed by atoms with Crippen LogP contribution in [0.15, 0.2) is 42.9 Å². The first kappa shape index (κ1) is 25.8. The summed E-state index contributed by atoms with van der Waals surface area (Å²) >= 11 is 6.22. The minimum absolute atomic E-state index is 0.0759. The fourth-order valence-electron chi connectivity index (χ4n) is 4.11. The molecule has 0 saturated heterocycles. The van der Waals surface area contributed by atoms with Crippen LogP contribution < -0.4 is 5.32 Å². The lowest BCUT2D eigenvalue weighted by molar-refractivity contribution is -0.114. The Bertz CT molecular complexity index is 982. The molecule has 1 amide bonds. The molecule has 0 aliphatic rings. The van der Waals surface area contributed by atoms with Gasteiger partial charge in [-0.2, -0.15) is 5.10 Å². The number of nitrogens with one attached hydrogen (secondary N) is 2. The standard InChI is InChI=1S/C18H27ClN2O.C7H8N2O/c1-5-7-13(8-6-2)18(3,4)17(22)15-10-14(19)9-12-11-20-21-16(12)15;1-6(10)9-7-3-2-4-8-5-7/h9-11,13,17,22H,5-8H2,1-4H3,(H,20,21);2-5H,1H3,(H,9,10). The van der Waals surface area contributed by atoms with Gasteiger partial charge < -0.3 is 10.4 Å². The summed E-state index contributed by atoms with van der Waals surface area (Å²) in [6, 6.07) is 7.29. The molecule has 1 atom stereocenters. The third-order valence-electron chi connectivity index (χ3n) is 5.85. The van der Waals surface area contributed by atoms with Gasteiger partial charge in [0.25, 0.3) is 0 Å². The van der Waals surface area contributed by atoms with E-state index in [-0.39, 0.29) is 11.3 Å². The molecule has 0 saturated carbocycles. The molecule has 0 aliphatic carbocycles. The molecule has 7 heteroatoms. The van der Waals surface area contributed by atoms with E-state index in [0.29, 0.717) is 10.9 Å². The van der Waals surface area contributed by atoms with E-state index in [1.54, 1.807) is 30.7 Å². The predicted octanol–water partition coefficient (Wildman–Crippen LogP) is 6.53. The van der Waals surface area contributed by atoms with E-state index in [9.17, 15) is 9.90 Å². The number of aliphatic hydroxyl groups excluding tert-OH is 1. The Labute approximate surface area is 195 Å². The molecule has 3 aromatic rings. The maximum atomic E-state index is 11.1. The van der Waals surface area contributed by atoms with Gasteiger partial charge in [-0.15, -0.1) is 0 Å². The van der Waals surface area contributed by atoms with Gasteiger partial charge in [0.2, 0.25) is 5.91 Å². The molecule has 174 valence electrons. The maximum absolute atomic E-state index is 11.1. The smallest absolute Gasteiger partial charge is 0.221 e. The van der Waals surface area contributed by atoms with Crippen LogP contribution in [0.5, 0.6) is 0 Å². The molecule has 2 heterocycles. The van der Waals surface area contributed by atoms with Crippen LogP contribution in [0, 0.1) is 11.3 Å². The first-order chi connectivity index (χ1) is 15.2. The van der Waals surface area contributed by atoms with E-state index in [0.717, 1.165) is 47.8 Å². The van der Waals surface area contributed by atoms with Crippen LogP contribution in [-0.4, -0.2) is 26.2 Å². The van der Waals surface area contributed by atoms with E-state index in [1.807, 2.05) is 12.1 Å². The van der Waals surface area contributed by atoms with Crippen molar-refractivity contribution < 1.29 is 9.90 Å². The van der Waals surface area contributed by atoms with E-state index < -0.39 is 6.10 Å². The number of carbonyl (C=O) groups excluding carboxylic acids is 1. The highest BCUT2D eigenvalue weighted by Crippen LogP contribution is 2.45. The zero-order chi connectivity index (χ0) is 23.7. The highest BCUT2D eigenvalue weighted by Gasteiger charge is 2.37. The van der Waals surface area contributed by atoms with Crippen molar-refractivity contribution in [1.82, 2.24) is 15.2 Å². The maximum Gasteiger partial charge on any atom is 0.221 e. The number of aromatic nitrogens is 3. The molecule has 0 bridgehead atoms. The van der Waals surface area contributed by atoms with Gasteiger partial charge in [-0.25, -0.2) is 0 Å². The van der Waals surface area contributed by atoms with Gasteiger partial charge in [0.1, 0.15) is 0 Å². The second-order valence-corrected chi connectivity index (χ2v) is 9.19. The molecular formula is C25H35ClN4O2. The Morgan fingerprint density at radius 2 is 1.91 bits per heavy atom. The number of H-pyrrole nitrogens is 1. The molecule has 3 N–H and O–H groups in total. The van der Waals surface area contributed by atoms with Crippen molar-refractivity contribution in [1.29, 1.82) is 0 Å². The van der Waals surface area contributed by atoms with Gasteiger partial charge in [-0.1, -0.05) is 65.0 Å². The summed E-state index contributed by atoms with van der Waals surface area (Å²) in [4.78, 5) is 14.3. The second-order valence-electron chi connectivity index (χ2n) is 8.75. The van der Waals surface area contributed by atoms with Crippen LogP contribution in [0.25, 0.3) is 10.9 Å². The number of benzene rings is 1. The van der Waals surface area contributed by atoms with Crippen LogP contribution in [0.3, 0.4) is 0 Å². The lowest BCUT2D eigenvalue weighted by Crippen LogP contribution is -2.31. The molecule has 1 aromatic carbocycles. The number of aliphatic hydroxyl groups is 1. The molecule has 2 aromatic heterocycles. The van der Waals surface area contributed by atoms with Crippen LogP contribution in [0.4, 0.5) is 5.69 Å². The van der Waals surface area contributed by atoms with Crippen LogP contribution >= 0.6 is 11.6 Å². The molecule has 0 radical (unpaired) electrons. The lowest BCUT2D eigenvalue weighted by Gasteiger charge is -2.39. The van der Waals surface area contributed by atoms with E-state index in [4.69, 9.17) is 11.6 Å². The third kappa shape index (κ3) is 6.78. The van der Waals surface area contributed by atoms with Crippen molar-refractivity contribution in [2.45, 2.75) is 66.4 Å². The quantitative estimate of drug-likeness (QED) is 0.357. The number of pyridine rings is 1. The fourth-order valence-corrected chi connectivity index (χ4v) is 4.35. The number of hydrogen-bond donors (Lipinski definition) is 3. The number of nitrogens with zero attached hydrogens (tertiary/aromatic N) is 2. The number of aromatic amines is 1. The zero-order valence-electron chi connectivity index (χ0n) is 19.7. The van der Waals surface area contributed by atoms with Gasteiger partial charge in [-0.3, -0.25) is 14.9 Å². The van der Waals surface area contributed by atoms with Crippen LogP contribution in [0.2, 0.25) is 5.02 Å². The molecule has 3 rings (SSSR count). The molecule has 32 heavy (non-hydrogen) atoms. The third-order valence-corrected chi connectivity index (χ3v) is 6.07. The Morgan fingerprint density at radius 3 is 2.47 bits per heavy atom. The summed E-state index contributed by atoms with van der Waals surface area (Å²) in [6.45, 7) is 10.2. The Balaban J connectivity index is 0.000000303. The van der Waals surface area contributed by atoms with Crippen molar-refractivity contribution in [3.05, 3.63) is 53.4 Å². The van der Waals surface area contributed by atoms with E-state index in [1.165, 1.54) is 6.92 Å². The topological polar surface area (TPSA) is 90.9 Å². The average molecular weight is 459 g/mol. The minimum Gasteiger partial charge on any atom is -0.388 e. The Hall–Kier alpha value is -2.44. The predicted molar refractivity (Wildman–Crippen MR) is 132 cm³/mol. The summed E-state index contributed by atoms with van der Waals surface area (Å²) in [5, 5.41) is 22.4. The normalized spacial score (nSPS) is 12.4. The summed E-state index contributed by atoms with van der Waals surface area (Å²) in [5.74, 6) is 0.405. The first-order valence-corrected chi connectivity index (χ1v) is 11.6. The summed E-state index contributed by atoms with van der Waals surface area (Å²) in [7, 11) is 0. The van der Waals surface area contributed by atoms with Gasteiger partial charge in [0, 0.05) is 29.1 Å². The fraction of sp³-hybridized carbons (Fsp3) is 0.480. The molecular weight excluding hydrogens is 424 g/mol. The first-order valence-electron chi connectivity index (χ1n) is 11.2. The van der Waals surface area contributed by atoms with Crippen LogP contribution in [0.1, 0.15) is 72.0 Å². The SMILES string of the molecule is CC(=O)Nc1cccnc1.CCCC(CCC)C(C)(C)C(O)c1cc(Cl)cc2cn[nH]c12. The number of anilines is 1. The monoisotopic (exact) mass is 458 g/mol. The second kappa shape index (κ2) is 12.0. The number of fused-ring (bicyclic) bond motifs is 1. The Kier molecular flexibility index (Phi) is 9.66. The number of hydrogen-bond acceptors (Lipinski definition) is 4. The van der Waals surface area contributed by atoms with Crippen molar-refractivity contribution in [3.63, 3.8) is 0 Å². The van der Waals surface area contributed by atoms with Crippen molar-refractivity contribution in [2.75, 3.05) is 5.32 Å². The number of halogens is 1. The molecule has 0 spiro atoms. The average Bonchev–Trinajstić information content (AvgIpc) is 3.21. The summed E-state index contributed by atoms with van der Waals surface area (Å²) in [5.41, 5.74) is 2.25. The van der Waals surface area contributed by atoms with Gasteiger partial charge in [-0.05, 0) is 35.6 Å². The number of amides is 1. The van der Waals surface area contributed by atoms with Crippen molar-refractivity contribution in [3.8, 4) is 0 Å². The number of rotatable bonds is 8. The molecule has 0 aliphatic heterocycles. The van der Waals surface area contributed by atoms with Gasteiger partial charge in [0.05, 0.1) is 29.7 Å².